The Morgan fingerprint density at radius 1 is 1.08 bits per heavy atom. The lowest BCUT2D eigenvalue weighted by atomic mass is 10.1. The second-order valence-electron chi connectivity index (χ2n) is 5.66. The number of nitrogens with two attached hydrogens (primary N) is 3. The van der Waals surface area contributed by atoms with Gasteiger partial charge in [0.05, 0.1) is 5.69 Å². The first-order valence-corrected chi connectivity index (χ1v) is 8.18. The van der Waals surface area contributed by atoms with Crippen molar-refractivity contribution >= 4 is 34.9 Å². The summed E-state index contributed by atoms with van der Waals surface area (Å²) in [5.41, 5.74) is 20.5. The van der Waals surface area contributed by atoms with E-state index in [2.05, 4.69) is 15.3 Å². The third kappa shape index (κ3) is 3.84. The van der Waals surface area contributed by atoms with Crippen LogP contribution >= 0.6 is 11.6 Å². The van der Waals surface area contributed by atoms with Gasteiger partial charge in [0.15, 0.2) is 0 Å². The van der Waals surface area contributed by atoms with E-state index >= 15 is 0 Å². The zero-order valence-electron chi connectivity index (χ0n) is 13.8. The molecule has 8 heteroatoms. The number of nitrogens with zero attached hydrogens (tertiary/aromatic N) is 2. The normalized spacial score (nSPS) is 10.5. The molecular weight excluding hydrogens is 350 g/mol. The first-order valence-electron chi connectivity index (χ1n) is 7.80. The standard InChI is InChI=1S/C18H18ClN7/c19-13-4-2-1-3-11(13)9-24-16-8-15(25-18(23)26-16)10-5-6-12(17(21)22)14(20)7-10/h1-8H,9,20H2,(H3,21,22)(H3,23,24,25,26). The molecule has 0 aliphatic rings. The van der Waals surface area contributed by atoms with E-state index < -0.39 is 0 Å². The zero-order chi connectivity index (χ0) is 18.7. The monoisotopic (exact) mass is 367 g/mol. The van der Waals surface area contributed by atoms with Gasteiger partial charge in [0.2, 0.25) is 5.95 Å². The SMILES string of the molecule is N=C(N)c1ccc(-c2cc(NCc3ccccc3Cl)nc(N)n2)cc1N. The van der Waals surface area contributed by atoms with Gasteiger partial charge in [-0.05, 0) is 23.8 Å². The average molecular weight is 368 g/mol. The molecule has 132 valence electrons. The molecule has 0 saturated heterocycles. The maximum Gasteiger partial charge on any atom is 0.222 e. The second kappa shape index (κ2) is 7.28. The van der Waals surface area contributed by atoms with Gasteiger partial charge < -0.3 is 22.5 Å². The molecule has 1 heterocycles. The number of nitrogen functional groups attached to an aromatic ring is 3. The molecule has 0 spiro atoms. The van der Waals surface area contributed by atoms with Crippen LogP contribution in [0.2, 0.25) is 5.02 Å². The minimum absolute atomic E-state index is 0.0849. The molecule has 8 N–H and O–H groups in total. The molecule has 0 aliphatic heterocycles. The van der Waals surface area contributed by atoms with E-state index in [1.807, 2.05) is 24.3 Å². The molecule has 2 aromatic carbocycles. The van der Waals surface area contributed by atoms with Crippen LogP contribution in [0.3, 0.4) is 0 Å². The summed E-state index contributed by atoms with van der Waals surface area (Å²) in [4.78, 5) is 8.45. The highest BCUT2D eigenvalue weighted by molar-refractivity contribution is 6.31. The highest BCUT2D eigenvalue weighted by atomic mass is 35.5. The Hall–Kier alpha value is -3.32. The Bertz CT molecular complexity index is 972. The van der Waals surface area contributed by atoms with Crippen molar-refractivity contribution in [3.05, 3.63) is 64.7 Å². The molecule has 3 rings (SSSR count). The maximum atomic E-state index is 7.50. The van der Waals surface area contributed by atoms with E-state index in [9.17, 15) is 0 Å². The van der Waals surface area contributed by atoms with Crippen LogP contribution in [0.1, 0.15) is 11.1 Å². The average Bonchev–Trinajstić information content (AvgIpc) is 2.60. The van der Waals surface area contributed by atoms with Crippen molar-refractivity contribution in [1.29, 1.82) is 5.41 Å². The third-order valence-corrected chi connectivity index (χ3v) is 4.17. The minimum Gasteiger partial charge on any atom is -0.398 e. The quantitative estimate of drug-likeness (QED) is 0.267. The van der Waals surface area contributed by atoms with Crippen molar-refractivity contribution in [2.45, 2.75) is 6.54 Å². The van der Waals surface area contributed by atoms with Gasteiger partial charge in [-0.2, -0.15) is 4.98 Å². The van der Waals surface area contributed by atoms with Crippen LogP contribution in [0, 0.1) is 5.41 Å². The number of rotatable bonds is 5. The fraction of sp³-hybridized carbons (Fsp3) is 0.0556. The number of benzene rings is 2. The van der Waals surface area contributed by atoms with Gasteiger partial charge in [0.1, 0.15) is 11.7 Å². The molecule has 0 radical (unpaired) electrons. The lowest BCUT2D eigenvalue weighted by Gasteiger charge is -2.11. The number of aromatic nitrogens is 2. The summed E-state index contributed by atoms with van der Waals surface area (Å²) in [5, 5.41) is 11.4. The van der Waals surface area contributed by atoms with E-state index in [0.717, 1.165) is 11.1 Å². The number of hydrogen-bond acceptors (Lipinski definition) is 6. The van der Waals surface area contributed by atoms with Gasteiger partial charge in [-0.3, -0.25) is 5.41 Å². The van der Waals surface area contributed by atoms with Crippen LogP contribution in [0.4, 0.5) is 17.5 Å². The Morgan fingerprint density at radius 2 is 1.85 bits per heavy atom. The van der Waals surface area contributed by atoms with Gasteiger partial charge in [-0.1, -0.05) is 35.9 Å². The Labute approximate surface area is 155 Å². The van der Waals surface area contributed by atoms with Crippen LogP contribution in [-0.4, -0.2) is 15.8 Å². The van der Waals surface area contributed by atoms with Crippen LogP contribution in [0.25, 0.3) is 11.3 Å². The Kier molecular flexibility index (Phi) is 4.90. The van der Waals surface area contributed by atoms with Gasteiger partial charge in [-0.15, -0.1) is 0 Å². The van der Waals surface area contributed by atoms with E-state index in [-0.39, 0.29) is 11.8 Å². The molecule has 0 fully saturated rings. The molecule has 26 heavy (non-hydrogen) atoms. The van der Waals surface area contributed by atoms with Crippen molar-refractivity contribution in [3.8, 4) is 11.3 Å². The summed E-state index contributed by atoms with van der Waals surface area (Å²) in [6, 6.07) is 14.5. The number of halogens is 1. The largest absolute Gasteiger partial charge is 0.398 e. The van der Waals surface area contributed by atoms with Gasteiger partial charge in [-0.25, -0.2) is 4.98 Å². The van der Waals surface area contributed by atoms with Crippen molar-refractivity contribution in [2.24, 2.45) is 5.73 Å². The maximum absolute atomic E-state index is 7.50. The third-order valence-electron chi connectivity index (χ3n) is 3.80. The molecule has 3 aromatic rings. The van der Waals surface area contributed by atoms with E-state index in [1.165, 1.54) is 0 Å². The van der Waals surface area contributed by atoms with Crippen molar-refractivity contribution in [3.63, 3.8) is 0 Å². The molecule has 0 atom stereocenters. The Morgan fingerprint density at radius 3 is 2.54 bits per heavy atom. The Balaban J connectivity index is 1.87. The van der Waals surface area contributed by atoms with Gasteiger partial charge in [0.25, 0.3) is 0 Å². The lowest BCUT2D eigenvalue weighted by Crippen LogP contribution is -2.13. The number of anilines is 3. The first-order chi connectivity index (χ1) is 12.4. The highest BCUT2D eigenvalue weighted by Crippen LogP contribution is 2.25. The summed E-state index contributed by atoms with van der Waals surface area (Å²) < 4.78 is 0. The van der Waals surface area contributed by atoms with Crippen LogP contribution in [0.15, 0.2) is 48.5 Å². The topological polar surface area (TPSA) is 140 Å². The highest BCUT2D eigenvalue weighted by Gasteiger charge is 2.09. The minimum atomic E-state index is -0.0849. The molecule has 0 amide bonds. The predicted molar refractivity (Wildman–Crippen MR) is 106 cm³/mol. The summed E-state index contributed by atoms with van der Waals surface area (Å²) in [5.74, 6) is 0.623. The summed E-state index contributed by atoms with van der Waals surface area (Å²) in [7, 11) is 0. The van der Waals surface area contributed by atoms with Gasteiger partial charge >= 0.3 is 0 Å². The number of amidine groups is 1. The van der Waals surface area contributed by atoms with E-state index in [4.69, 9.17) is 34.2 Å². The predicted octanol–water partition coefficient (Wildman–Crippen LogP) is 2.86. The lowest BCUT2D eigenvalue weighted by molar-refractivity contribution is 1.09. The molecule has 0 unspecified atom stereocenters. The van der Waals surface area contributed by atoms with Crippen molar-refractivity contribution in [2.75, 3.05) is 16.8 Å². The molecule has 1 aromatic heterocycles. The van der Waals surface area contributed by atoms with Crippen molar-refractivity contribution < 1.29 is 0 Å². The van der Waals surface area contributed by atoms with E-state index in [1.54, 1.807) is 24.3 Å². The molecule has 0 aliphatic carbocycles. The number of hydrogen-bond donors (Lipinski definition) is 5. The summed E-state index contributed by atoms with van der Waals surface area (Å²) >= 11 is 6.17. The van der Waals surface area contributed by atoms with Crippen LogP contribution in [-0.2, 0) is 6.54 Å². The molecule has 0 saturated carbocycles. The van der Waals surface area contributed by atoms with Crippen LogP contribution in [0.5, 0.6) is 0 Å². The number of nitrogens with one attached hydrogen (secondary N) is 2. The first kappa shape index (κ1) is 17.5. The zero-order valence-corrected chi connectivity index (χ0v) is 14.6. The molecule has 7 nitrogen and oxygen atoms in total. The summed E-state index contributed by atoms with van der Waals surface area (Å²) in [6.07, 6.45) is 0. The summed E-state index contributed by atoms with van der Waals surface area (Å²) in [6.45, 7) is 0.501. The fourth-order valence-corrected chi connectivity index (χ4v) is 2.70. The molecular formula is C18H18ClN7. The molecule has 0 bridgehead atoms. The smallest absolute Gasteiger partial charge is 0.222 e. The van der Waals surface area contributed by atoms with E-state index in [0.29, 0.717) is 34.3 Å². The van der Waals surface area contributed by atoms with Gasteiger partial charge in [0, 0.05) is 34.4 Å². The fourth-order valence-electron chi connectivity index (χ4n) is 2.50. The second-order valence-corrected chi connectivity index (χ2v) is 6.06. The van der Waals surface area contributed by atoms with Crippen molar-refractivity contribution in [1.82, 2.24) is 9.97 Å². The van der Waals surface area contributed by atoms with Crippen LogP contribution < -0.4 is 22.5 Å².